The summed E-state index contributed by atoms with van der Waals surface area (Å²) in [5.74, 6) is 0.748. The van der Waals surface area contributed by atoms with Crippen LogP contribution in [0.4, 0.5) is 0 Å². The molecule has 1 aromatic rings. The van der Waals surface area contributed by atoms with Crippen LogP contribution in [0.3, 0.4) is 0 Å². The Labute approximate surface area is 156 Å². The van der Waals surface area contributed by atoms with E-state index in [0.29, 0.717) is 6.42 Å². The summed E-state index contributed by atoms with van der Waals surface area (Å²) < 4.78 is 12.1. The van der Waals surface area contributed by atoms with Gasteiger partial charge < -0.3 is 8.85 Å². The molecular weight excluding hydrogens is 344 g/mol. The van der Waals surface area contributed by atoms with Crippen molar-refractivity contribution in [2.45, 2.75) is 84.2 Å². The van der Waals surface area contributed by atoms with E-state index in [1.807, 2.05) is 24.3 Å². The average molecular weight is 381 g/mol. The largest absolute Gasteiger partial charge is 0.544 e. The van der Waals surface area contributed by atoms with Crippen LogP contribution in [-0.4, -0.2) is 22.6 Å². The Morgan fingerprint density at radius 2 is 1.28 bits per heavy atom. The second-order valence-corrected chi connectivity index (χ2v) is 19.4. The zero-order valence-electron chi connectivity index (χ0n) is 17.7. The second-order valence-electron chi connectivity index (χ2n) is 9.92. The van der Waals surface area contributed by atoms with Crippen LogP contribution >= 0.6 is 0 Å². The first-order valence-corrected chi connectivity index (χ1v) is 14.9. The highest BCUT2D eigenvalue weighted by Gasteiger charge is 2.40. The number of carbonyl (C=O) groups is 1. The minimum absolute atomic E-state index is 0.0313. The number of carbonyl (C=O) groups excluding carboxylic acids is 1. The third kappa shape index (κ3) is 5.99. The van der Waals surface area contributed by atoms with E-state index >= 15 is 0 Å². The highest BCUT2D eigenvalue weighted by Crippen LogP contribution is 2.38. The van der Waals surface area contributed by atoms with Gasteiger partial charge in [0.1, 0.15) is 5.75 Å². The highest BCUT2D eigenvalue weighted by atomic mass is 28.4. The van der Waals surface area contributed by atoms with Crippen molar-refractivity contribution >= 4 is 22.6 Å². The standard InChI is InChI=1S/C20H36O3Si2/c1-19(2,3)24(7,8)22-17-13-11-16(12-14-17)15-18(21)23-25(9,10)20(4,5)6/h11-14H,15H2,1-10H3. The minimum Gasteiger partial charge on any atom is -0.544 e. The fourth-order valence-corrected chi connectivity index (χ4v) is 3.74. The maximum Gasteiger partial charge on any atom is 0.296 e. The third-order valence-corrected chi connectivity index (χ3v) is 14.3. The van der Waals surface area contributed by atoms with Crippen molar-refractivity contribution in [3.8, 4) is 5.75 Å². The van der Waals surface area contributed by atoms with Gasteiger partial charge in [0.05, 0.1) is 6.42 Å². The van der Waals surface area contributed by atoms with E-state index in [0.717, 1.165) is 11.3 Å². The molecule has 25 heavy (non-hydrogen) atoms. The van der Waals surface area contributed by atoms with Crippen molar-refractivity contribution in [2.75, 3.05) is 0 Å². The molecule has 0 aromatic heterocycles. The summed E-state index contributed by atoms with van der Waals surface area (Å²) in [7, 11) is -3.89. The maximum absolute atomic E-state index is 12.3. The summed E-state index contributed by atoms with van der Waals surface area (Å²) in [6, 6.07) is 7.87. The van der Waals surface area contributed by atoms with Gasteiger partial charge in [-0.3, -0.25) is 4.79 Å². The predicted octanol–water partition coefficient (Wildman–Crippen LogP) is 6.16. The molecule has 0 N–H and O–H groups in total. The van der Waals surface area contributed by atoms with E-state index in [4.69, 9.17) is 8.85 Å². The summed E-state index contributed by atoms with van der Waals surface area (Å²) >= 11 is 0. The van der Waals surface area contributed by atoms with Gasteiger partial charge >= 0.3 is 0 Å². The van der Waals surface area contributed by atoms with Crippen molar-refractivity contribution in [1.29, 1.82) is 0 Å². The van der Waals surface area contributed by atoms with Gasteiger partial charge in [0.2, 0.25) is 8.32 Å². The van der Waals surface area contributed by atoms with Gasteiger partial charge in [-0.1, -0.05) is 53.7 Å². The first-order valence-electron chi connectivity index (χ1n) is 9.05. The number of hydrogen-bond acceptors (Lipinski definition) is 3. The van der Waals surface area contributed by atoms with Crippen molar-refractivity contribution in [3.63, 3.8) is 0 Å². The van der Waals surface area contributed by atoms with Crippen LogP contribution < -0.4 is 4.43 Å². The molecule has 0 atom stereocenters. The summed E-state index contributed by atoms with van der Waals surface area (Å²) in [6.07, 6.45) is 0.312. The van der Waals surface area contributed by atoms with Crippen molar-refractivity contribution < 1.29 is 13.6 Å². The topological polar surface area (TPSA) is 35.5 Å². The van der Waals surface area contributed by atoms with Crippen LogP contribution in [0.1, 0.15) is 47.1 Å². The second kappa shape index (κ2) is 7.27. The first-order chi connectivity index (χ1) is 11.1. The molecule has 0 spiro atoms. The lowest BCUT2D eigenvalue weighted by molar-refractivity contribution is -0.134. The van der Waals surface area contributed by atoms with Crippen molar-refractivity contribution in [2.24, 2.45) is 0 Å². The normalized spacial score (nSPS) is 13.5. The summed E-state index contributed by atoms with van der Waals surface area (Å²) in [6.45, 7) is 21.8. The minimum atomic E-state index is -2.05. The fourth-order valence-electron chi connectivity index (χ4n) is 1.76. The molecule has 0 unspecified atom stereocenters. The quantitative estimate of drug-likeness (QED) is 0.574. The van der Waals surface area contributed by atoms with Crippen LogP contribution in [0.2, 0.25) is 36.3 Å². The van der Waals surface area contributed by atoms with Gasteiger partial charge in [0.25, 0.3) is 14.3 Å². The monoisotopic (exact) mass is 380 g/mol. The van der Waals surface area contributed by atoms with Crippen LogP contribution in [0.5, 0.6) is 5.75 Å². The molecule has 0 fully saturated rings. The van der Waals surface area contributed by atoms with Gasteiger partial charge in [0, 0.05) is 0 Å². The van der Waals surface area contributed by atoms with Gasteiger partial charge in [-0.15, -0.1) is 0 Å². The van der Waals surface area contributed by atoms with Gasteiger partial charge in [-0.05, 0) is 54.0 Å². The molecule has 0 saturated carbocycles. The lowest BCUT2D eigenvalue weighted by atomic mass is 10.1. The molecule has 1 aromatic carbocycles. The summed E-state index contributed by atoms with van der Waals surface area (Å²) in [5, 5.41) is 0.197. The Kier molecular flexibility index (Phi) is 6.39. The van der Waals surface area contributed by atoms with E-state index in [2.05, 4.69) is 67.7 Å². The third-order valence-electron chi connectivity index (χ3n) is 5.63. The molecule has 0 amide bonds. The average Bonchev–Trinajstić information content (AvgIpc) is 2.37. The molecule has 0 aliphatic rings. The zero-order valence-corrected chi connectivity index (χ0v) is 19.7. The molecule has 5 heteroatoms. The Balaban J connectivity index is 2.74. The van der Waals surface area contributed by atoms with E-state index in [-0.39, 0.29) is 16.0 Å². The summed E-state index contributed by atoms with van der Waals surface area (Å²) in [5.41, 5.74) is 0.964. The molecule has 142 valence electrons. The molecule has 0 heterocycles. The lowest BCUT2D eigenvalue weighted by Crippen LogP contribution is -2.43. The zero-order chi connectivity index (χ0) is 19.7. The smallest absolute Gasteiger partial charge is 0.296 e. The predicted molar refractivity (Wildman–Crippen MR) is 111 cm³/mol. The molecule has 0 radical (unpaired) electrons. The SMILES string of the molecule is CC(C)(C)[Si](C)(C)OC(=O)Cc1ccc(O[Si](C)(C)C(C)(C)C)cc1. The Hall–Kier alpha value is -1.08. The maximum atomic E-state index is 12.3. The molecule has 0 saturated heterocycles. The van der Waals surface area contributed by atoms with E-state index < -0.39 is 16.6 Å². The van der Waals surface area contributed by atoms with Gasteiger partial charge in [0.15, 0.2) is 0 Å². The van der Waals surface area contributed by atoms with Gasteiger partial charge in [-0.25, -0.2) is 0 Å². The Bertz CT molecular complexity index is 591. The van der Waals surface area contributed by atoms with E-state index in [9.17, 15) is 4.79 Å². The fraction of sp³-hybridized carbons (Fsp3) is 0.650. The highest BCUT2D eigenvalue weighted by molar-refractivity contribution is 6.75. The van der Waals surface area contributed by atoms with Crippen molar-refractivity contribution in [3.05, 3.63) is 29.8 Å². The molecular formula is C20H36O3Si2. The number of hydrogen-bond donors (Lipinski definition) is 0. The molecule has 0 aliphatic heterocycles. The molecule has 3 nitrogen and oxygen atoms in total. The number of benzene rings is 1. The summed E-state index contributed by atoms with van der Waals surface area (Å²) in [4.78, 5) is 12.3. The Morgan fingerprint density at radius 1 is 0.840 bits per heavy atom. The van der Waals surface area contributed by atoms with Crippen LogP contribution in [0.25, 0.3) is 0 Å². The van der Waals surface area contributed by atoms with Crippen LogP contribution in [0, 0.1) is 0 Å². The number of rotatable bonds is 5. The van der Waals surface area contributed by atoms with Crippen LogP contribution in [0.15, 0.2) is 24.3 Å². The van der Waals surface area contributed by atoms with Crippen LogP contribution in [-0.2, 0) is 15.6 Å². The van der Waals surface area contributed by atoms with E-state index in [1.165, 1.54) is 0 Å². The van der Waals surface area contributed by atoms with Gasteiger partial charge in [-0.2, -0.15) is 0 Å². The van der Waals surface area contributed by atoms with Crippen molar-refractivity contribution in [1.82, 2.24) is 0 Å². The molecule has 1 rings (SSSR count). The molecule has 0 bridgehead atoms. The molecule has 0 aliphatic carbocycles. The first kappa shape index (κ1) is 22.0. The lowest BCUT2D eigenvalue weighted by Gasteiger charge is -2.36. The van der Waals surface area contributed by atoms with E-state index in [1.54, 1.807) is 0 Å². The Morgan fingerprint density at radius 3 is 1.68 bits per heavy atom.